The Balaban J connectivity index is 2.57. The minimum absolute atomic E-state index is 0.0825. The molecule has 1 aromatic heterocycles. The molecule has 0 unspecified atom stereocenters. The lowest BCUT2D eigenvalue weighted by molar-refractivity contribution is 0.0939. The van der Waals surface area contributed by atoms with Gasteiger partial charge in [-0.15, -0.1) is 0 Å². The van der Waals surface area contributed by atoms with E-state index < -0.39 is 5.82 Å². The molecule has 5 heteroatoms. The molecule has 18 heavy (non-hydrogen) atoms. The predicted octanol–water partition coefficient (Wildman–Crippen LogP) is 3.02. The molecule has 0 radical (unpaired) electrons. The topological polar surface area (TPSA) is 56.0 Å². The number of halogens is 1. The summed E-state index contributed by atoms with van der Waals surface area (Å²) >= 11 is 0. The van der Waals surface area contributed by atoms with E-state index in [2.05, 4.69) is 10.1 Å². The molecule has 2 rings (SSSR count). The molecule has 1 aromatic carbocycles. The Morgan fingerprint density at radius 2 is 2.11 bits per heavy atom. The maximum atomic E-state index is 13.3. The van der Waals surface area contributed by atoms with E-state index in [-0.39, 0.29) is 17.6 Å². The SMILES string of the molecule is Cc1noc(-c2cc(F)ccc2C(=O)C(C)C)n1. The molecule has 0 spiro atoms. The number of ketones is 1. The second kappa shape index (κ2) is 4.68. The zero-order valence-corrected chi connectivity index (χ0v) is 10.4. The molecule has 94 valence electrons. The maximum Gasteiger partial charge on any atom is 0.258 e. The van der Waals surface area contributed by atoms with Crippen LogP contribution in [0.1, 0.15) is 30.0 Å². The summed E-state index contributed by atoms with van der Waals surface area (Å²) in [6, 6.07) is 3.94. The molecule has 0 saturated carbocycles. The van der Waals surface area contributed by atoms with Gasteiger partial charge in [0.05, 0.1) is 5.56 Å². The van der Waals surface area contributed by atoms with Crippen LogP contribution in [-0.4, -0.2) is 15.9 Å². The van der Waals surface area contributed by atoms with E-state index >= 15 is 0 Å². The van der Waals surface area contributed by atoms with Gasteiger partial charge in [0.25, 0.3) is 5.89 Å². The Bertz CT molecular complexity index is 590. The van der Waals surface area contributed by atoms with Crippen molar-refractivity contribution >= 4 is 5.78 Å². The van der Waals surface area contributed by atoms with Gasteiger partial charge in [-0.2, -0.15) is 4.98 Å². The number of rotatable bonds is 3. The molecule has 0 saturated heterocycles. The van der Waals surface area contributed by atoms with Crippen LogP contribution in [0.3, 0.4) is 0 Å². The Morgan fingerprint density at radius 1 is 1.39 bits per heavy atom. The van der Waals surface area contributed by atoms with E-state index in [0.29, 0.717) is 17.0 Å². The summed E-state index contributed by atoms with van der Waals surface area (Å²) in [4.78, 5) is 16.1. The molecule has 0 aliphatic rings. The quantitative estimate of drug-likeness (QED) is 0.783. The number of aryl methyl sites for hydroxylation is 1. The third kappa shape index (κ3) is 2.30. The van der Waals surface area contributed by atoms with Gasteiger partial charge in [-0.1, -0.05) is 19.0 Å². The van der Waals surface area contributed by atoms with Crippen molar-refractivity contribution in [3.63, 3.8) is 0 Å². The minimum atomic E-state index is -0.443. The lowest BCUT2D eigenvalue weighted by atomic mass is 9.96. The average Bonchev–Trinajstić information content (AvgIpc) is 2.74. The molecule has 0 bridgehead atoms. The van der Waals surface area contributed by atoms with Gasteiger partial charge in [-0.05, 0) is 25.1 Å². The van der Waals surface area contributed by atoms with Crippen LogP contribution >= 0.6 is 0 Å². The standard InChI is InChI=1S/C13H13FN2O2/c1-7(2)12(17)10-5-4-9(14)6-11(10)13-15-8(3)16-18-13/h4-7H,1-3H3. The van der Waals surface area contributed by atoms with Crippen LogP contribution < -0.4 is 0 Å². The van der Waals surface area contributed by atoms with Crippen LogP contribution in [0, 0.1) is 18.7 Å². The zero-order valence-electron chi connectivity index (χ0n) is 10.4. The van der Waals surface area contributed by atoms with Crippen LogP contribution in [0.25, 0.3) is 11.5 Å². The number of carbonyl (C=O) groups is 1. The van der Waals surface area contributed by atoms with Crippen molar-refractivity contribution < 1.29 is 13.7 Å². The van der Waals surface area contributed by atoms with Crippen LogP contribution in [0.2, 0.25) is 0 Å². The van der Waals surface area contributed by atoms with E-state index in [1.165, 1.54) is 18.2 Å². The van der Waals surface area contributed by atoms with Crippen molar-refractivity contribution in [2.24, 2.45) is 5.92 Å². The summed E-state index contributed by atoms with van der Waals surface area (Å²) in [6.07, 6.45) is 0. The van der Waals surface area contributed by atoms with E-state index in [0.717, 1.165) is 0 Å². The van der Waals surface area contributed by atoms with Crippen LogP contribution in [0.5, 0.6) is 0 Å². The van der Waals surface area contributed by atoms with Crippen LogP contribution in [0.4, 0.5) is 4.39 Å². The van der Waals surface area contributed by atoms with Crippen molar-refractivity contribution in [2.45, 2.75) is 20.8 Å². The number of aromatic nitrogens is 2. The summed E-state index contributed by atoms with van der Waals surface area (Å²) in [7, 11) is 0. The van der Waals surface area contributed by atoms with Gasteiger partial charge in [-0.3, -0.25) is 4.79 Å². The summed E-state index contributed by atoms with van der Waals surface area (Å²) in [6.45, 7) is 5.24. The average molecular weight is 248 g/mol. The Hall–Kier alpha value is -2.04. The fourth-order valence-corrected chi connectivity index (χ4v) is 1.63. The molecule has 1 heterocycles. The van der Waals surface area contributed by atoms with E-state index in [9.17, 15) is 9.18 Å². The van der Waals surface area contributed by atoms with E-state index in [1.807, 2.05) is 0 Å². The fourth-order valence-electron chi connectivity index (χ4n) is 1.63. The van der Waals surface area contributed by atoms with Crippen molar-refractivity contribution in [3.8, 4) is 11.5 Å². The van der Waals surface area contributed by atoms with Gasteiger partial charge in [0, 0.05) is 11.5 Å². The molecular formula is C13H13FN2O2. The third-order valence-electron chi connectivity index (χ3n) is 2.53. The molecule has 0 amide bonds. The van der Waals surface area contributed by atoms with Crippen molar-refractivity contribution in [2.75, 3.05) is 0 Å². The smallest absolute Gasteiger partial charge is 0.258 e. The largest absolute Gasteiger partial charge is 0.334 e. The molecule has 0 N–H and O–H groups in total. The van der Waals surface area contributed by atoms with Crippen molar-refractivity contribution in [3.05, 3.63) is 35.4 Å². The summed E-state index contributed by atoms with van der Waals surface area (Å²) in [5.74, 6) is -0.103. The first kappa shape index (κ1) is 12.4. The first-order valence-corrected chi connectivity index (χ1v) is 5.63. The molecular weight excluding hydrogens is 235 g/mol. The predicted molar refractivity (Wildman–Crippen MR) is 63.6 cm³/mol. The van der Waals surface area contributed by atoms with Gasteiger partial charge >= 0.3 is 0 Å². The zero-order chi connectivity index (χ0) is 13.3. The fraction of sp³-hybridized carbons (Fsp3) is 0.308. The third-order valence-corrected chi connectivity index (χ3v) is 2.53. The number of hydrogen-bond donors (Lipinski definition) is 0. The maximum absolute atomic E-state index is 13.3. The second-order valence-electron chi connectivity index (χ2n) is 4.36. The minimum Gasteiger partial charge on any atom is -0.334 e. The highest BCUT2D eigenvalue weighted by molar-refractivity contribution is 6.02. The molecule has 0 aliphatic heterocycles. The van der Waals surface area contributed by atoms with Crippen molar-refractivity contribution in [1.29, 1.82) is 0 Å². The van der Waals surface area contributed by atoms with Crippen molar-refractivity contribution in [1.82, 2.24) is 10.1 Å². The van der Waals surface area contributed by atoms with E-state index in [1.54, 1.807) is 20.8 Å². The monoisotopic (exact) mass is 248 g/mol. The second-order valence-corrected chi connectivity index (χ2v) is 4.36. The number of benzene rings is 1. The lowest BCUT2D eigenvalue weighted by Gasteiger charge is -2.07. The first-order valence-electron chi connectivity index (χ1n) is 5.63. The molecule has 0 aliphatic carbocycles. The van der Waals surface area contributed by atoms with Gasteiger partial charge in [0.15, 0.2) is 11.6 Å². The van der Waals surface area contributed by atoms with Gasteiger partial charge < -0.3 is 4.52 Å². The highest BCUT2D eigenvalue weighted by atomic mass is 19.1. The summed E-state index contributed by atoms with van der Waals surface area (Å²) < 4.78 is 18.3. The van der Waals surface area contributed by atoms with E-state index in [4.69, 9.17) is 4.52 Å². The van der Waals surface area contributed by atoms with Gasteiger partial charge in [-0.25, -0.2) is 4.39 Å². The Kier molecular flexibility index (Phi) is 3.23. The number of carbonyl (C=O) groups excluding carboxylic acids is 1. The first-order chi connectivity index (χ1) is 8.49. The number of hydrogen-bond acceptors (Lipinski definition) is 4. The molecule has 2 aromatic rings. The number of nitrogens with zero attached hydrogens (tertiary/aromatic N) is 2. The molecule has 4 nitrogen and oxygen atoms in total. The molecule has 0 fully saturated rings. The normalized spacial score (nSPS) is 10.9. The number of Topliss-reactive ketones (excluding diaryl/α,β-unsaturated/α-hetero) is 1. The lowest BCUT2D eigenvalue weighted by Crippen LogP contribution is -2.09. The highest BCUT2D eigenvalue weighted by Crippen LogP contribution is 2.25. The van der Waals surface area contributed by atoms with Gasteiger partial charge in [0.2, 0.25) is 0 Å². The summed E-state index contributed by atoms with van der Waals surface area (Å²) in [5.41, 5.74) is 0.740. The Morgan fingerprint density at radius 3 is 2.67 bits per heavy atom. The Labute approximate surface area is 104 Å². The highest BCUT2D eigenvalue weighted by Gasteiger charge is 2.19. The van der Waals surface area contributed by atoms with Crippen LogP contribution in [-0.2, 0) is 0 Å². The van der Waals surface area contributed by atoms with Gasteiger partial charge in [0.1, 0.15) is 5.82 Å². The van der Waals surface area contributed by atoms with Crippen LogP contribution in [0.15, 0.2) is 22.7 Å². The molecule has 0 atom stereocenters. The summed E-state index contributed by atoms with van der Waals surface area (Å²) in [5, 5.41) is 3.65.